The smallest absolute Gasteiger partial charge is 0.138 e. The van der Waals surface area contributed by atoms with Crippen molar-refractivity contribution >= 4 is 11.6 Å². The molecule has 0 fully saturated rings. The van der Waals surface area contributed by atoms with Crippen molar-refractivity contribution in [3.63, 3.8) is 0 Å². The number of ether oxygens (including phenoxy) is 1. The summed E-state index contributed by atoms with van der Waals surface area (Å²) < 4.78 is 5.76. The predicted molar refractivity (Wildman–Crippen MR) is 73.9 cm³/mol. The van der Waals surface area contributed by atoms with Crippen molar-refractivity contribution in [3.05, 3.63) is 29.3 Å². The molecule has 0 saturated carbocycles. The van der Waals surface area contributed by atoms with E-state index >= 15 is 0 Å². The molecule has 96 valence electrons. The third-order valence-corrected chi connectivity index (χ3v) is 2.87. The van der Waals surface area contributed by atoms with Crippen molar-refractivity contribution in [3.8, 4) is 5.75 Å². The normalized spacial score (nSPS) is 12.4. The second kappa shape index (κ2) is 8.37. The SMILES string of the molecule is CCCCCNCC(C)Oc1ccccc1Cl. The monoisotopic (exact) mass is 255 g/mol. The quantitative estimate of drug-likeness (QED) is 0.712. The molecule has 1 atom stereocenters. The van der Waals surface area contributed by atoms with Crippen LogP contribution in [0.3, 0.4) is 0 Å². The van der Waals surface area contributed by atoms with Crippen LogP contribution in [0.15, 0.2) is 24.3 Å². The van der Waals surface area contributed by atoms with E-state index in [4.69, 9.17) is 16.3 Å². The van der Waals surface area contributed by atoms with Crippen LogP contribution in [0.5, 0.6) is 5.75 Å². The van der Waals surface area contributed by atoms with Crippen molar-refractivity contribution in [1.29, 1.82) is 0 Å². The van der Waals surface area contributed by atoms with Crippen molar-refractivity contribution in [1.82, 2.24) is 5.32 Å². The van der Waals surface area contributed by atoms with Crippen molar-refractivity contribution < 1.29 is 4.74 Å². The van der Waals surface area contributed by atoms with E-state index in [2.05, 4.69) is 19.2 Å². The molecule has 0 heterocycles. The Morgan fingerprint density at radius 2 is 2.06 bits per heavy atom. The van der Waals surface area contributed by atoms with Crippen LogP contribution in [0, 0.1) is 0 Å². The molecule has 0 aromatic heterocycles. The van der Waals surface area contributed by atoms with Crippen LogP contribution >= 0.6 is 11.6 Å². The largest absolute Gasteiger partial charge is 0.488 e. The van der Waals surface area contributed by atoms with Crippen molar-refractivity contribution in [2.75, 3.05) is 13.1 Å². The van der Waals surface area contributed by atoms with Crippen LogP contribution in [0.2, 0.25) is 5.02 Å². The first kappa shape index (κ1) is 14.3. The molecule has 0 aliphatic rings. The Balaban J connectivity index is 2.21. The van der Waals surface area contributed by atoms with Crippen LogP contribution in [-0.4, -0.2) is 19.2 Å². The van der Waals surface area contributed by atoms with Gasteiger partial charge in [-0.25, -0.2) is 0 Å². The zero-order chi connectivity index (χ0) is 12.5. The summed E-state index contributed by atoms with van der Waals surface area (Å²) in [4.78, 5) is 0. The maximum Gasteiger partial charge on any atom is 0.138 e. The van der Waals surface area contributed by atoms with Gasteiger partial charge in [-0.3, -0.25) is 0 Å². The zero-order valence-corrected chi connectivity index (χ0v) is 11.5. The molecule has 0 spiro atoms. The molecule has 0 aliphatic heterocycles. The van der Waals surface area contributed by atoms with Gasteiger partial charge in [0.05, 0.1) is 5.02 Å². The summed E-state index contributed by atoms with van der Waals surface area (Å²) >= 11 is 6.03. The fourth-order valence-corrected chi connectivity index (χ4v) is 1.78. The first-order valence-electron chi connectivity index (χ1n) is 6.36. The van der Waals surface area contributed by atoms with Gasteiger partial charge in [0.25, 0.3) is 0 Å². The summed E-state index contributed by atoms with van der Waals surface area (Å²) in [6.45, 7) is 6.18. The Bertz CT molecular complexity index is 317. The van der Waals surface area contributed by atoms with Gasteiger partial charge in [0.15, 0.2) is 0 Å². The van der Waals surface area contributed by atoms with Gasteiger partial charge in [-0.1, -0.05) is 43.5 Å². The average Bonchev–Trinajstić information content (AvgIpc) is 2.32. The minimum atomic E-state index is 0.136. The van der Waals surface area contributed by atoms with Gasteiger partial charge < -0.3 is 10.1 Å². The highest BCUT2D eigenvalue weighted by atomic mass is 35.5. The number of halogens is 1. The Kier molecular flexibility index (Phi) is 7.06. The van der Waals surface area contributed by atoms with E-state index in [0.29, 0.717) is 5.02 Å². The molecule has 1 rings (SSSR count). The van der Waals surface area contributed by atoms with E-state index in [9.17, 15) is 0 Å². The molecule has 1 aromatic rings. The summed E-state index contributed by atoms with van der Waals surface area (Å²) in [6, 6.07) is 7.58. The lowest BCUT2D eigenvalue weighted by atomic mass is 10.2. The van der Waals surface area contributed by atoms with Gasteiger partial charge in [0.1, 0.15) is 11.9 Å². The number of nitrogens with one attached hydrogen (secondary N) is 1. The summed E-state index contributed by atoms with van der Waals surface area (Å²) in [5.74, 6) is 0.761. The van der Waals surface area contributed by atoms with E-state index in [0.717, 1.165) is 18.8 Å². The maximum absolute atomic E-state index is 6.03. The number of unbranched alkanes of at least 4 members (excludes halogenated alkanes) is 2. The number of para-hydroxylation sites is 1. The lowest BCUT2D eigenvalue weighted by molar-refractivity contribution is 0.217. The molecule has 2 nitrogen and oxygen atoms in total. The first-order chi connectivity index (χ1) is 8.24. The van der Waals surface area contributed by atoms with Crippen LogP contribution < -0.4 is 10.1 Å². The van der Waals surface area contributed by atoms with Crippen molar-refractivity contribution in [2.45, 2.75) is 39.2 Å². The Hall–Kier alpha value is -0.730. The minimum absolute atomic E-state index is 0.136. The van der Waals surface area contributed by atoms with Crippen LogP contribution in [0.1, 0.15) is 33.1 Å². The molecule has 0 amide bonds. The standard InChI is InChI=1S/C14H22ClNO/c1-3-4-7-10-16-11-12(2)17-14-9-6-5-8-13(14)15/h5-6,8-9,12,16H,3-4,7,10-11H2,1-2H3. The zero-order valence-electron chi connectivity index (χ0n) is 10.7. The number of hydrogen-bond acceptors (Lipinski definition) is 2. The second-order valence-electron chi connectivity index (χ2n) is 4.27. The van der Waals surface area contributed by atoms with Gasteiger partial charge in [0.2, 0.25) is 0 Å². The Morgan fingerprint density at radius 1 is 1.29 bits per heavy atom. The summed E-state index contributed by atoms with van der Waals surface area (Å²) in [5.41, 5.74) is 0. The van der Waals surface area contributed by atoms with Gasteiger partial charge in [-0.05, 0) is 32.0 Å². The summed E-state index contributed by atoms with van der Waals surface area (Å²) in [6.07, 6.45) is 3.91. The van der Waals surface area contributed by atoms with Gasteiger partial charge in [-0.2, -0.15) is 0 Å². The predicted octanol–water partition coefficient (Wildman–Crippen LogP) is 3.89. The summed E-state index contributed by atoms with van der Waals surface area (Å²) in [5, 5.41) is 4.06. The molecule has 0 bridgehead atoms. The van der Waals surface area contributed by atoms with E-state index < -0.39 is 0 Å². The van der Waals surface area contributed by atoms with Crippen LogP contribution in [-0.2, 0) is 0 Å². The maximum atomic E-state index is 6.03. The highest BCUT2D eigenvalue weighted by Crippen LogP contribution is 2.23. The number of rotatable bonds is 8. The molecule has 1 N–H and O–H groups in total. The lowest BCUT2D eigenvalue weighted by Crippen LogP contribution is -2.29. The molecule has 0 radical (unpaired) electrons. The summed E-state index contributed by atoms with van der Waals surface area (Å²) in [7, 11) is 0. The third kappa shape index (κ3) is 5.94. The molecular weight excluding hydrogens is 234 g/mol. The van der Waals surface area contributed by atoms with E-state index in [-0.39, 0.29) is 6.10 Å². The van der Waals surface area contributed by atoms with E-state index in [1.165, 1.54) is 19.3 Å². The minimum Gasteiger partial charge on any atom is -0.488 e. The first-order valence-corrected chi connectivity index (χ1v) is 6.73. The Labute approximate surface area is 109 Å². The van der Waals surface area contributed by atoms with E-state index in [1.807, 2.05) is 24.3 Å². The van der Waals surface area contributed by atoms with Gasteiger partial charge in [0, 0.05) is 6.54 Å². The van der Waals surface area contributed by atoms with Crippen LogP contribution in [0.25, 0.3) is 0 Å². The third-order valence-electron chi connectivity index (χ3n) is 2.55. The molecule has 3 heteroatoms. The van der Waals surface area contributed by atoms with E-state index in [1.54, 1.807) is 0 Å². The highest BCUT2D eigenvalue weighted by molar-refractivity contribution is 6.32. The fourth-order valence-electron chi connectivity index (χ4n) is 1.60. The molecule has 1 unspecified atom stereocenters. The Morgan fingerprint density at radius 3 is 2.76 bits per heavy atom. The second-order valence-corrected chi connectivity index (χ2v) is 4.68. The van der Waals surface area contributed by atoms with Gasteiger partial charge in [-0.15, -0.1) is 0 Å². The molecule has 1 aromatic carbocycles. The highest BCUT2D eigenvalue weighted by Gasteiger charge is 2.05. The average molecular weight is 256 g/mol. The lowest BCUT2D eigenvalue weighted by Gasteiger charge is -2.16. The van der Waals surface area contributed by atoms with Gasteiger partial charge >= 0.3 is 0 Å². The number of benzene rings is 1. The van der Waals surface area contributed by atoms with Crippen molar-refractivity contribution in [2.24, 2.45) is 0 Å². The molecule has 17 heavy (non-hydrogen) atoms. The molecule has 0 aliphatic carbocycles. The number of hydrogen-bond donors (Lipinski definition) is 1. The topological polar surface area (TPSA) is 21.3 Å². The molecule has 0 saturated heterocycles. The van der Waals surface area contributed by atoms with Crippen LogP contribution in [0.4, 0.5) is 0 Å². The molecular formula is C14H22ClNO. The fraction of sp³-hybridized carbons (Fsp3) is 0.571.